The van der Waals surface area contributed by atoms with Gasteiger partial charge in [0.1, 0.15) is 5.75 Å². The maximum Gasteiger partial charge on any atom is 0.387 e. The highest BCUT2D eigenvalue weighted by molar-refractivity contribution is 7.00. The number of nitrogen functional groups attached to an aromatic ring is 1. The normalized spacial score (nSPS) is 12.2. The van der Waals surface area contributed by atoms with Crippen LogP contribution in [0.15, 0.2) is 41.5 Å². The number of benzene rings is 2. The average molecular weight is 336 g/mol. The monoisotopic (exact) mass is 336 g/mol. The third kappa shape index (κ3) is 2.99. The van der Waals surface area contributed by atoms with Crippen LogP contribution in [0, 0.1) is 6.92 Å². The van der Waals surface area contributed by atoms with Gasteiger partial charge in [0.15, 0.2) is 5.68 Å². The van der Waals surface area contributed by atoms with Gasteiger partial charge in [-0.1, -0.05) is 24.3 Å². The summed E-state index contributed by atoms with van der Waals surface area (Å²) in [5.74, 6) is 5.41. The third-order valence-electron chi connectivity index (χ3n) is 4.23. The summed E-state index contributed by atoms with van der Waals surface area (Å²) in [5, 5.41) is 6.90. The third-order valence-corrected chi connectivity index (χ3v) is 4.23. The van der Waals surface area contributed by atoms with Crippen molar-refractivity contribution in [2.75, 3.05) is 7.11 Å². The Morgan fingerprint density at radius 3 is 2.80 bits per heavy atom. The fourth-order valence-electron chi connectivity index (χ4n) is 2.88. The number of fused-ring (bicyclic) bond motifs is 1. The largest absolute Gasteiger partial charge is 0.496 e. The van der Waals surface area contributed by atoms with Crippen molar-refractivity contribution in [2.45, 2.75) is 6.92 Å². The topological polar surface area (TPSA) is 106 Å². The number of hydrogen-bond donors (Lipinski definition) is 3. The summed E-state index contributed by atoms with van der Waals surface area (Å²) in [5.41, 5.74) is 5.04. The highest BCUT2D eigenvalue weighted by Crippen LogP contribution is 2.22. The number of methoxy groups -OCH3 is 1. The van der Waals surface area contributed by atoms with Gasteiger partial charge in [-0.3, -0.25) is 10.2 Å². The van der Waals surface area contributed by atoms with Crippen LogP contribution in [-0.2, 0) is 0 Å². The van der Waals surface area contributed by atoms with Crippen LogP contribution < -0.4 is 26.8 Å². The van der Waals surface area contributed by atoms with Gasteiger partial charge in [-0.25, -0.2) is 10.9 Å². The molecule has 1 heterocycles. The highest BCUT2D eigenvalue weighted by Gasteiger charge is 2.33. The Labute approximate surface area is 145 Å². The van der Waals surface area contributed by atoms with E-state index >= 15 is 0 Å². The lowest BCUT2D eigenvalue weighted by atomic mass is 9.49. The van der Waals surface area contributed by atoms with E-state index in [4.69, 9.17) is 10.6 Å². The number of carbonyl (C=O) groups is 2. The number of nitrogens with one attached hydrogen (secondary N) is 2. The molecule has 0 saturated carbocycles. The number of hydrazine groups is 1. The second-order valence-electron chi connectivity index (χ2n) is 5.63. The number of carbonyl (C=O) groups excluding carboxylic acids is 2. The molecule has 2 aromatic rings. The summed E-state index contributed by atoms with van der Waals surface area (Å²) in [6.45, 7) is 1.13. The molecule has 0 aromatic heterocycles. The first-order chi connectivity index (χ1) is 12.1. The molecule has 0 saturated heterocycles. The van der Waals surface area contributed by atoms with Crippen molar-refractivity contribution in [3.8, 4) is 5.75 Å². The van der Waals surface area contributed by atoms with E-state index in [2.05, 4.69) is 15.9 Å². The minimum absolute atomic E-state index is 0.153. The number of hydrogen-bond acceptors (Lipinski definition) is 6. The molecule has 4 N–H and O–H groups in total. The molecule has 0 spiro atoms. The first-order valence-corrected chi connectivity index (χ1v) is 7.68. The molecule has 0 fully saturated rings. The minimum atomic E-state index is -0.698. The van der Waals surface area contributed by atoms with Crippen LogP contribution in [0.5, 0.6) is 5.75 Å². The van der Waals surface area contributed by atoms with Gasteiger partial charge in [0.05, 0.1) is 13.3 Å². The van der Waals surface area contributed by atoms with Crippen LogP contribution in [0.2, 0.25) is 0 Å². The van der Waals surface area contributed by atoms with Crippen LogP contribution in [0.3, 0.4) is 0 Å². The summed E-state index contributed by atoms with van der Waals surface area (Å²) in [4.78, 5) is 24.9. The van der Waals surface area contributed by atoms with E-state index in [0.717, 1.165) is 11.1 Å². The van der Waals surface area contributed by atoms with Gasteiger partial charge >= 0.3 is 6.85 Å². The molecular formula is C17H17BN4O3. The first-order valence-electron chi connectivity index (χ1n) is 7.68. The average Bonchev–Trinajstić information content (AvgIpc) is 2.66. The predicted molar refractivity (Wildman–Crippen MR) is 96.3 cm³/mol. The minimum Gasteiger partial charge on any atom is -0.496 e. The summed E-state index contributed by atoms with van der Waals surface area (Å²) < 4.78 is 5.29. The second-order valence-corrected chi connectivity index (χ2v) is 5.63. The lowest BCUT2D eigenvalue weighted by Crippen LogP contribution is -2.53. The molecule has 0 radical (unpaired) electrons. The highest BCUT2D eigenvalue weighted by atomic mass is 16.5. The van der Waals surface area contributed by atoms with Crippen LogP contribution >= 0.6 is 0 Å². The molecule has 25 heavy (non-hydrogen) atoms. The fourth-order valence-corrected chi connectivity index (χ4v) is 2.88. The summed E-state index contributed by atoms with van der Waals surface area (Å²) in [7, 11) is 1.56. The summed E-state index contributed by atoms with van der Waals surface area (Å²) in [6.07, 6.45) is 1.61. The van der Waals surface area contributed by atoms with E-state index in [0.29, 0.717) is 22.3 Å². The molecule has 126 valence electrons. The Bertz CT molecular complexity index is 882. The molecule has 1 amide bonds. The zero-order valence-corrected chi connectivity index (χ0v) is 13.9. The van der Waals surface area contributed by atoms with E-state index in [1.165, 1.54) is 0 Å². The van der Waals surface area contributed by atoms with E-state index in [1.54, 1.807) is 49.7 Å². The standard InChI is InChI=1S/C17H17BN4O3/c1-10-13(4-3-5-15(10)25-2)16(23)18-14-8-11(17(24)21-19)6-7-12(14)9-20-22-18/h3-9,22H,19H2,1-2H3,(H,21,24). The van der Waals surface area contributed by atoms with Crippen LogP contribution in [0.4, 0.5) is 0 Å². The molecule has 0 aliphatic carbocycles. The van der Waals surface area contributed by atoms with Gasteiger partial charge in [0, 0.05) is 16.7 Å². The van der Waals surface area contributed by atoms with Gasteiger partial charge in [-0.05, 0) is 30.1 Å². The Morgan fingerprint density at radius 1 is 1.28 bits per heavy atom. The number of amides is 1. The Morgan fingerprint density at radius 2 is 2.08 bits per heavy atom. The number of nitrogens with zero attached hydrogens (tertiary/aromatic N) is 1. The van der Waals surface area contributed by atoms with Gasteiger partial charge in [0.25, 0.3) is 5.91 Å². The van der Waals surface area contributed by atoms with Gasteiger partial charge < -0.3 is 14.9 Å². The predicted octanol–water partition coefficient (Wildman–Crippen LogP) is 0.165. The molecule has 1 aliphatic heterocycles. The maximum atomic E-state index is 13.1. The van der Waals surface area contributed by atoms with Crippen LogP contribution in [-0.4, -0.2) is 31.8 Å². The van der Waals surface area contributed by atoms with E-state index < -0.39 is 12.8 Å². The molecule has 7 nitrogen and oxygen atoms in total. The van der Waals surface area contributed by atoms with E-state index in [1.807, 2.05) is 6.92 Å². The number of nitrogens with two attached hydrogens (primary N) is 1. The lowest BCUT2D eigenvalue weighted by molar-refractivity contribution is 0.0953. The van der Waals surface area contributed by atoms with Gasteiger partial charge in [0.2, 0.25) is 0 Å². The van der Waals surface area contributed by atoms with Crippen LogP contribution in [0.25, 0.3) is 0 Å². The molecule has 0 atom stereocenters. The quantitative estimate of drug-likeness (QED) is 0.319. The Hall–Kier alpha value is -3.13. The zero-order chi connectivity index (χ0) is 18.0. The van der Waals surface area contributed by atoms with E-state index in [-0.39, 0.29) is 5.68 Å². The van der Waals surface area contributed by atoms with Gasteiger partial charge in [-0.15, -0.1) is 0 Å². The zero-order valence-electron chi connectivity index (χ0n) is 13.9. The summed E-state index contributed by atoms with van der Waals surface area (Å²) in [6, 6.07) is 10.3. The van der Waals surface area contributed by atoms with Crippen molar-refractivity contribution in [1.82, 2.24) is 10.8 Å². The molecule has 3 rings (SSSR count). The Kier molecular flexibility index (Phi) is 4.54. The van der Waals surface area contributed by atoms with Crippen molar-refractivity contribution in [2.24, 2.45) is 10.9 Å². The molecule has 2 aromatic carbocycles. The SMILES string of the molecule is COc1cccc(C(=O)B2NN=Cc3ccc(C(=O)NN)cc32)c1C. The van der Waals surface area contributed by atoms with E-state index in [9.17, 15) is 9.59 Å². The molecular weight excluding hydrogens is 319 g/mol. The number of hydrazone groups is 1. The molecule has 8 heteroatoms. The molecule has 0 unspecified atom stereocenters. The second kappa shape index (κ2) is 6.78. The van der Waals surface area contributed by atoms with Crippen molar-refractivity contribution in [1.29, 1.82) is 0 Å². The number of rotatable bonds is 4. The number of ether oxygens (including phenoxy) is 1. The van der Waals surface area contributed by atoms with Gasteiger partial charge in [-0.2, -0.15) is 0 Å². The van der Waals surface area contributed by atoms with Crippen molar-refractivity contribution >= 4 is 30.1 Å². The fraction of sp³-hybridized carbons (Fsp3) is 0.118. The smallest absolute Gasteiger partial charge is 0.387 e. The van der Waals surface area contributed by atoms with Crippen molar-refractivity contribution in [3.05, 3.63) is 58.7 Å². The maximum absolute atomic E-state index is 13.1. The van der Waals surface area contributed by atoms with Crippen LogP contribution in [0.1, 0.15) is 31.8 Å². The molecule has 1 aliphatic rings. The van der Waals surface area contributed by atoms with Crippen molar-refractivity contribution < 1.29 is 14.3 Å². The lowest BCUT2D eigenvalue weighted by Gasteiger charge is -2.20. The molecule has 0 bridgehead atoms. The first kappa shape index (κ1) is 16.7. The summed E-state index contributed by atoms with van der Waals surface area (Å²) >= 11 is 0. The Balaban J connectivity index is 2.04. The van der Waals surface area contributed by atoms with Crippen molar-refractivity contribution in [3.63, 3.8) is 0 Å².